The lowest BCUT2D eigenvalue weighted by Crippen LogP contribution is -2.27. The lowest BCUT2D eigenvalue weighted by Gasteiger charge is -2.17. The molecule has 1 amide bonds. The number of amides is 1. The highest BCUT2D eigenvalue weighted by Gasteiger charge is 2.22. The summed E-state index contributed by atoms with van der Waals surface area (Å²) in [5.74, 6) is -1.13. The molecular formula is C21H22N4O4. The van der Waals surface area contributed by atoms with Gasteiger partial charge >= 0.3 is 5.97 Å². The van der Waals surface area contributed by atoms with E-state index in [4.69, 9.17) is 4.74 Å². The van der Waals surface area contributed by atoms with Gasteiger partial charge in [0, 0.05) is 29.1 Å². The van der Waals surface area contributed by atoms with Crippen molar-refractivity contribution < 1.29 is 19.1 Å². The van der Waals surface area contributed by atoms with Crippen LogP contribution in [0.4, 0.5) is 5.69 Å². The molecule has 2 heterocycles. The molecule has 0 aliphatic rings. The van der Waals surface area contributed by atoms with E-state index in [1.54, 1.807) is 49.6 Å². The van der Waals surface area contributed by atoms with Crippen LogP contribution in [0.25, 0.3) is 5.65 Å². The number of ketones is 1. The van der Waals surface area contributed by atoms with Crippen molar-refractivity contribution in [2.75, 3.05) is 11.9 Å². The summed E-state index contributed by atoms with van der Waals surface area (Å²) in [4.78, 5) is 40.9. The summed E-state index contributed by atoms with van der Waals surface area (Å²) in [5, 5.41) is 6.99. The third kappa shape index (κ3) is 4.48. The fourth-order valence-electron chi connectivity index (χ4n) is 2.58. The van der Waals surface area contributed by atoms with Gasteiger partial charge in [0.15, 0.2) is 18.0 Å². The molecule has 0 aliphatic carbocycles. The number of benzene rings is 1. The number of Topliss-reactive ketones (excluding diaryl/α,β-unsaturated/α-hetero) is 1. The first-order valence-electron chi connectivity index (χ1n) is 9.08. The number of aryl methyl sites for hydroxylation is 1. The van der Waals surface area contributed by atoms with Crippen molar-refractivity contribution in [1.82, 2.24) is 14.6 Å². The van der Waals surface area contributed by atoms with Crippen molar-refractivity contribution >= 4 is 29.0 Å². The maximum atomic E-state index is 12.4. The van der Waals surface area contributed by atoms with Crippen LogP contribution in [0, 0.1) is 12.3 Å². The van der Waals surface area contributed by atoms with E-state index in [1.807, 2.05) is 20.8 Å². The Morgan fingerprint density at radius 3 is 2.48 bits per heavy atom. The van der Waals surface area contributed by atoms with Gasteiger partial charge in [-0.1, -0.05) is 20.8 Å². The fraction of sp³-hybridized carbons (Fsp3) is 0.286. The Hall–Kier alpha value is -3.55. The molecule has 3 aromatic rings. The summed E-state index contributed by atoms with van der Waals surface area (Å²) in [6.07, 6.45) is 3.23. The third-order valence-corrected chi connectivity index (χ3v) is 4.25. The Morgan fingerprint density at radius 2 is 1.83 bits per heavy atom. The van der Waals surface area contributed by atoms with Crippen molar-refractivity contribution in [3.05, 3.63) is 59.5 Å². The van der Waals surface area contributed by atoms with Gasteiger partial charge in [0.25, 0.3) is 0 Å². The van der Waals surface area contributed by atoms with Gasteiger partial charge in [-0.2, -0.15) is 5.10 Å². The van der Waals surface area contributed by atoms with E-state index in [9.17, 15) is 14.4 Å². The molecule has 0 saturated carbocycles. The Labute approximate surface area is 167 Å². The Morgan fingerprint density at radius 1 is 1.14 bits per heavy atom. The number of hydrogen-bond donors (Lipinski definition) is 1. The monoisotopic (exact) mass is 394 g/mol. The largest absolute Gasteiger partial charge is 0.454 e. The van der Waals surface area contributed by atoms with Gasteiger partial charge in [0.05, 0.1) is 5.69 Å². The van der Waals surface area contributed by atoms with Crippen LogP contribution in [0.2, 0.25) is 0 Å². The third-order valence-electron chi connectivity index (χ3n) is 4.25. The van der Waals surface area contributed by atoms with Crippen LogP contribution in [0.5, 0.6) is 0 Å². The van der Waals surface area contributed by atoms with E-state index < -0.39 is 18.0 Å². The molecule has 0 aliphatic heterocycles. The van der Waals surface area contributed by atoms with Crippen molar-refractivity contribution in [1.29, 1.82) is 0 Å². The zero-order valence-corrected chi connectivity index (χ0v) is 16.7. The SMILES string of the molecule is Cc1nn2cccnc2c1C(=O)OCC(=O)c1ccc(NC(=O)C(C)(C)C)cc1. The first-order valence-corrected chi connectivity index (χ1v) is 9.08. The molecule has 8 heteroatoms. The van der Waals surface area contributed by atoms with Gasteiger partial charge in [0.1, 0.15) is 5.56 Å². The van der Waals surface area contributed by atoms with E-state index >= 15 is 0 Å². The Kier molecular flexibility index (Phi) is 5.45. The second-order valence-electron chi connectivity index (χ2n) is 7.63. The van der Waals surface area contributed by atoms with Crippen LogP contribution in [-0.4, -0.2) is 38.9 Å². The minimum Gasteiger partial charge on any atom is -0.454 e. The standard InChI is InChI=1S/C21H22N4O4/c1-13-17(18-22-10-5-11-25(18)24-13)19(27)29-12-16(26)14-6-8-15(9-7-14)23-20(28)21(2,3)4/h5-11H,12H2,1-4H3,(H,23,28). The van der Waals surface area contributed by atoms with E-state index in [0.29, 0.717) is 22.6 Å². The van der Waals surface area contributed by atoms with Crippen molar-refractivity contribution in [3.63, 3.8) is 0 Å². The predicted molar refractivity (Wildman–Crippen MR) is 107 cm³/mol. The molecule has 0 bridgehead atoms. The van der Waals surface area contributed by atoms with Crippen LogP contribution >= 0.6 is 0 Å². The summed E-state index contributed by atoms with van der Waals surface area (Å²) in [5.41, 5.74) is 1.53. The van der Waals surface area contributed by atoms with Gasteiger partial charge in [-0.3, -0.25) is 9.59 Å². The van der Waals surface area contributed by atoms with Crippen LogP contribution in [0.3, 0.4) is 0 Å². The summed E-state index contributed by atoms with van der Waals surface area (Å²) in [7, 11) is 0. The summed E-state index contributed by atoms with van der Waals surface area (Å²) in [6.45, 7) is 6.72. The van der Waals surface area contributed by atoms with Crippen molar-refractivity contribution in [2.45, 2.75) is 27.7 Å². The zero-order valence-electron chi connectivity index (χ0n) is 16.7. The fourth-order valence-corrected chi connectivity index (χ4v) is 2.58. The highest BCUT2D eigenvalue weighted by atomic mass is 16.5. The number of carbonyl (C=O) groups is 3. The molecule has 1 N–H and O–H groups in total. The van der Waals surface area contributed by atoms with Crippen LogP contribution in [0.15, 0.2) is 42.7 Å². The second-order valence-corrected chi connectivity index (χ2v) is 7.63. The quantitative estimate of drug-likeness (QED) is 0.527. The Bertz CT molecular complexity index is 1080. The summed E-state index contributed by atoms with van der Waals surface area (Å²) in [6, 6.07) is 8.13. The van der Waals surface area contributed by atoms with Crippen LogP contribution in [-0.2, 0) is 9.53 Å². The normalized spacial score (nSPS) is 11.3. The molecule has 2 aromatic heterocycles. The van der Waals surface area contributed by atoms with Crippen LogP contribution < -0.4 is 5.32 Å². The molecule has 0 saturated heterocycles. The van der Waals surface area contributed by atoms with Crippen molar-refractivity contribution in [3.8, 4) is 0 Å². The number of nitrogens with zero attached hydrogens (tertiary/aromatic N) is 3. The summed E-state index contributed by atoms with van der Waals surface area (Å²) < 4.78 is 6.66. The topological polar surface area (TPSA) is 103 Å². The highest BCUT2D eigenvalue weighted by molar-refractivity contribution is 6.02. The molecule has 0 unspecified atom stereocenters. The average Bonchev–Trinajstić information content (AvgIpc) is 3.01. The maximum absolute atomic E-state index is 12.4. The number of hydrogen-bond acceptors (Lipinski definition) is 6. The van der Waals surface area contributed by atoms with Gasteiger partial charge < -0.3 is 10.1 Å². The predicted octanol–water partition coefficient (Wildman–Crippen LogP) is 3.06. The molecule has 0 spiro atoms. The average molecular weight is 394 g/mol. The first kappa shape index (κ1) is 20.2. The van der Waals surface area contributed by atoms with Gasteiger partial charge in [-0.05, 0) is 37.3 Å². The molecule has 0 atom stereocenters. The molecule has 0 radical (unpaired) electrons. The van der Waals surface area contributed by atoms with Gasteiger partial charge in [-0.25, -0.2) is 14.3 Å². The highest BCUT2D eigenvalue weighted by Crippen LogP contribution is 2.18. The zero-order chi connectivity index (χ0) is 21.2. The van der Waals surface area contributed by atoms with Gasteiger partial charge in [0.2, 0.25) is 5.91 Å². The minimum absolute atomic E-state index is 0.122. The number of aromatic nitrogens is 3. The number of esters is 1. The van der Waals surface area contributed by atoms with Gasteiger partial charge in [-0.15, -0.1) is 0 Å². The number of nitrogens with one attached hydrogen (secondary N) is 1. The summed E-state index contributed by atoms with van der Waals surface area (Å²) >= 11 is 0. The smallest absolute Gasteiger partial charge is 0.344 e. The molecule has 29 heavy (non-hydrogen) atoms. The second kappa shape index (κ2) is 7.83. The molecular weight excluding hydrogens is 372 g/mol. The molecule has 150 valence electrons. The van der Waals surface area contributed by atoms with Crippen molar-refractivity contribution in [2.24, 2.45) is 5.41 Å². The first-order chi connectivity index (χ1) is 13.7. The molecule has 3 rings (SSSR count). The number of ether oxygens (including phenoxy) is 1. The van der Waals surface area contributed by atoms with E-state index in [0.717, 1.165) is 0 Å². The minimum atomic E-state index is -0.654. The number of rotatable bonds is 5. The Balaban J connectivity index is 1.64. The molecule has 8 nitrogen and oxygen atoms in total. The number of carbonyl (C=O) groups excluding carboxylic acids is 3. The molecule has 0 fully saturated rings. The lowest BCUT2D eigenvalue weighted by atomic mass is 9.95. The van der Waals surface area contributed by atoms with Crippen LogP contribution in [0.1, 0.15) is 47.2 Å². The lowest BCUT2D eigenvalue weighted by molar-refractivity contribution is -0.123. The maximum Gasteiger partial charge on any atom is 0.344 e. The van der Waals surface area contributed by atoms with E-state index in [2.05, 4.69) is 15.4 Å². The molecule has 1 aromatic carbocycles. The number of anilines is 1. The van der Waals surface area contributed by atoms with E-state index in [-0.39, 0.29) is 17.3 Å². The number of fused-ring (bicyclic) bond motifs is 1. The van der Waals surface area contributed by atoms with E-state index in [1.165, 1.54) is 4.52 Å².